The van der Waals surface area contributed by atoms with E-state index >= 15 is 0 Å². The van der Waals surface area contributed by atoms with Gasteiger partial charge in [0.25, 0.3) is 5.91 Å². The number of sulfone groups is 1. The van der Waals surface area contributed by atoms with Crippen LogP contribution in [0.4, 0.5) is 0 Å². The van der Waals surface area contributed by atoms with Crippen molar-refractivity contribution in [2.45, 2.75) is 11.4 Å². The Morgan fingerprint density at radius 3 is 2.46 bits per heavy atom. The summed E-state index contributed by atoms with van der Waals surface area (Å²) < 4.78 is 36.5. The van der Waals surface area contributed by atoms with Crippen LogP contribution in [0.5, 0.6) is 5.75 Å². The lowest BCUT2D eigenvalue weighted by Crippen LogP contribution is -2.19. The molecular formula is C19H20N2O5S2. The molecule has 0 saturated carbocycles. The molecular weight excluding hydrogens is 400 g/mol. The Hall–Kier alpha value is -2.49. The highest BCUT2D eigenvalue weighted by atomic mass is 32.2. The maximum Gasteiger partial charge on any atom is 0.279 e. The van der Waals surface area contributed by atoms with Gasteiger partial charge in [0.15, 0.2) is 14.6 Å². The van der Waals surface area contributed by atoms with E-state index in [1.807, 2.05) is 4.57 Å². The molecule has 0 aliphatic heterocycles. The molecule has 0 radical (unpaired) electrons. The topological polar surface area (TPSA) is 87.0 Å². The molecule has 0 unspecified atom stereocenters. The van der Waals surface area contributed by atoms with E-state index in [0.29, 0.717) is 29.3 Å². The van der Waals surface area contributed by atoms with Crippen molar-refractivity contribution in [2.24, 2.45) is 4.99 Å². The van der Waals surface area contributed by atoms with Gasteiger partial charge in [-0.05, 0) is 42.5 Å². The fourth-order valence-corrected chi connectivity index (χ4v) is 4.47. The predicted molar refractivity (Wildman–Crippen MR) is 108 cm³/mol. The molecule has 3 aromatic rings. The number of carbonyl (C=O) groups is 1. The summed E-state index contributed by atoms with van der Waals surface area (Å²) in [5.41, 5.74) is 1.24. The molecule has 148 valence electrons. The monoisotopic (exact) mass is 420 g/mol. The zero-order valence-electron chi connectivity index (χ0n) is 15.7. The summed E-state index contributed by atoms with van der Waals surface area (Å²) >= 11 is 1.27. The van der Waals surface area contributed by atoms with Gasteiger partial charge in [0.05, 0.1) is 28.8 Å². The van der Waals surface area contributed by atoms with Crippen LogP contribution < -0.4 is 9.54 Å². The summed E-state index contributed by atoms with van der Waals surface area (Å²) in [5.74, 6) is 0.269. The maximum absolute atomic E-state index is 12.6. The van der Waals surface area contributed by atoms with Gasteiger partial charge in [-0.15, -0.1) is 0 Å². The van der Waals surface area contributed by atoms with Crippen LogP contribution in [0.1, 0.15) is 10.4 Å². The number of hydrogen-bond donors (Lipinski definition) is 0. The van der Waals surface area contributed by atoms with Gasteiger partial charge in [-0.3, -0.25) is 4.79 Å². The van der Waals surface area contributed by atoms with Crippen molar-refractivity contribution < 1.29 is 22.7 Å². The third-order valence-corrected chi connectivity index (χ3v) is 6.29. The molecule has 0 atom stereocenters. The summed E-state index contributed by atoms with van der Waals surface area (Å²) in [6.45, 7) is 0.924. The number of carbonyl (C=O) groups excluding carboxylic acids is 1. The van der Waals surface area contributed by atoms with E-state index in [1.54, 1.807) is 56.7 Å². The van der Waals surface area contributed by atoms with Crippen LogP contribution in [0.15, 0.2) is 52.4 Å². The number of fused-ring (bicyclic) bond motifs is 1. The van der Waals surface area contributed by atoms with Crippen molar-refractivity contribution in [3.63, 3.8) is 0 Å². The lowest BCUT2D eigenvalue weighted by molar-refractivity contribution is 0.0997. The number of amides is 1. The summed E-state index contributed by atoms with van der Waals surface area (Å²) in [5, 5.41) is 0. The molecule has 1 amide bonds. The number of ether oxygens (including phenoxy) is 2. The molecule has 0 fully saturated rings. The highest BCUT2D eigenvalue weighted by Gasteiger charge is 2.13. The minimum absolute atomic E-state index is 0.230. The minimum Gasteiger partial charge on any atom is -0.497 e. The normalized spacial score (nSPS) is 12.5. The largest absolute Gasteiger partial charge is 0.497 e. The maximum atomic E-state index is 12.6. The van der Waals surface area contributed by atoms with Crippen molar-refractivity contribution >= 4 is 37.3 Å². The second-order valence-corrected chi connectivity index (χ2v) is 9.10. The lowest BCUT2D eigenvalue weighted by atomic mass is 10.2. The number of methoxy groups -OCH3 is 2. The molecule has 0 bridgehead atoms. The van der Waals surface area contributed by atoms with Crippen molar-refractivity contribution in [3.05, 3.63) is 52.8 Å². The molecule has 9 heteroatoms. The zero-order valence-corrected chi connectivity index (χ0v) is 17.3. The molecule has 3 rings (SSSR count). The quantitative estimate of drug-likeness (QED) is 0.612. The van der Waals surface area contributed by atoms with Gasteiger partial charge >= 0.3 is 0 Å². The van der Waals surface area contributed by atoms with E-state index in [-0.39, 0.29) is 10.8 Å². The molecule has 1 heterocycles. The van der Waals surface area contributed by atoms with E-state index < -0.39 is 9.84 Å². The SMILES string of the molecule is COCCn1c(=NC(=O)c2ccc(OC)cc2)sc2cc(S(C)(=O)=O)ccc21. The Bertz CT molecular complexity index is 1180. The third kappa shape index (κ3) is 4.32. The second-order valence-electron chi connectivity index (χ2n) is 6.08. The van der Waals surface area contributed by atoms with Crippen LogP contribution in [0.25, 0.3) is 10.2 Å². The number of benzene rings is 2. The van der Waals surface area contributed by atoms with Crippen molar-refractivity contribution in [3.8, 4) is 5.75 Å². The van der Waals surface area contributed by atoms with Crippen molar-refractivity contribution in [1.29, 1.82) is 0 Å². The average molecular weight is 421 g/mol. The van der Waals surface area contributed by atoms with E-state index in [0.717, 1.165) is 10.2 Å². The molecule has 0 aliphatic carbocycles. The summed E-state index contributed by atoms with van der Waals surface area (Å²) in [6, 6.07) is 11.6. The minimum atomic E-state index is -3.32. The van der Waals surface area contributed by atoms with E-state index in [4.69, 9.17) is 9.47 Å². The number of aromatic nitrogens is 1. The molecule has 1 aromatic heterocycles. The van der Waals surface area contributed by atoms with Crippen LogP contribution in [0.2, 0.25) is 0 Å². The Morgan fingerprint density at radius 1 is 1.14 bits per heavy atom. The Kier molecular flexibility index (Phi) is 5.97. The van der Waals surface area contributed by atoms with Gasteiger partial charge in [0.1, 0.15) is 5.75 Å². The van der Waals surface area contributed by atoms with E-state index in [9.17, 15) is 13.2 Å². The molecule has 0 N–H and O–H groups in total. The molecule has 7 nitrogen and oxygen atoms in total. The lowest BCUT2D eigenvalue weighted by Gasteiger charge is -2.05. The van der Waals surface area contributed by atoms with Crippen LogP contribution in [0.3, 0.4) is 0 Å². The first-order valence-corrected chi connectivity index (χ1v) is 11.1. The van der Waals surface area contributed by atoms with Crippen LogP contribution in [-0.2, 0) is 21.1 Å². The zero-order chi connectivity index (χ0) is 20.3. The van der Waals surface area contributed by atoms with Gasteiger partial charge < -0.3 is 14.0 Å². The second kappa shape index (κ2) is 8.26. The van der Waals surface area contributed by atoms with Crippen LogP contribution in [0, 0.1) is 0 Å². The molecule has 0 saturated heterocycles. The highest BCUT2D eigenvalue weighted by molar-refractivity contribution is 7.90. The Morgan fingerprint density at radius 2 is 1.86 bits per heavy atom. The van der Waals surface area contributed by atoms with Crippen molar-refractivity contribution in [2.75, 3.05) is 27.1 Å². The van der Waals surface area contributed by atoms with Gasteiger partial charge in [0, 0.05) is 25.5 Å². The van der Waals surface area contributed by atoms with Gasteiger partial charge in [0.2, 0.25) is 0 Å². The van der Waals surface area contributed by atoms with E-state index in [2.05, 4.69) is 4.99 Å². The van der Waals surface area contributed by atoms with Crippen molar-refractivity contribution in [1.82, 2.24) is 4.57 Å². The molecule has 2 aromatic carbocycles. The third-order valence-electron chi connectivity index (χ3n) is 4.14. The Balaban J connectivity index is 2.11. The Labute approximate surface area is 166 Å². The van der Waals surface area contributed by atoms with Gasteiger partial charge in [-0.1, -0.05) is 11.3 Å². The fourth-order valence-electron chi connectivity index (χ4n) is 2.65. The fraction of sp³-hybridized carbons (Fsp3) is 0.263. The summed E-state index contributed by atoms with van der Waals surface area (Å²) in [7, 11) is -0.173. The van der Waals surface area contributed by atoms with Gasteiger partial charge in [-0.2, -0.15) is 4.99 Å². The first kappa shape index (κ1) is 20.2. The van der Waals surface area contributed by atoms with Crippen LogP contribution >= 0.6 is 11.3 Å². The standard InChI is InChI=1S/C19H20N2O5S2/c1-25-11-10-21-16-9-8-15(28(3,23)24)12-17(16)27-19(21)20-18(22)13-4-6-14(26-2)7-5-13/h4-9,12H,10-11H2,1-3H3. The first-order valence-electron chi connectivity index (χ1n) is 8.39. The first-order chi connectivity index (χ1) is 13.3. The number of nitrogens with zero attached hydrogens (tertiary/aromatic N) is 2. The van der Waals surface area contributed by atoms with Crippen LogP contribution in [-0.4, -0.2) is 46.0 Å². The molecule has 28 heavy (non-hydrogen) atoms. The summed E-state index contributed by atoms with van der Waals surface area (Å²) in [6.07, 6.45) is 1.17. The molecule has 0 aliphatic rings. The predicted octanol–water partition coefficient (Wildman–Crippen LogP) is 2.50. The number of hydrogen-bond acceptors (Lipinski definition) is 6. The highest BCUT2D eigenvalue weighted by Crippen LogP contribution is 2.22. The molecule has 0 spiro atoms. The summed E-state index contributed by atoms with van der Waals surface area (Å²) in [4.78, 5) is 17.6. The number of rotatable bonds is 6. The van der Waals surface area contributed by atoms with Gasteiger partial charge in [-0.25, -0.2) is 8.42 Å². The smallest absolute Gasteiger partial charge is 0.279 e. The van der Waals surface area contributed by atoms with E-state index in [1.165, 1.54) is 17.6 Å². The number of thiazole rings is 1. The average Bonchev–Trinajstić information content (AvgIpc) is 3.01.